The van der Waals surface area contributed by atoms with Crippen molar-refractivity contribution in [1.82, 2.24) is 14.8 Å². The number of hydrogen-bond donors (Lipinski definition) is 1. The molecule has 0 aliphatic carbocycles. The first-order valence-electron chi connectivity index (χ1n) is 9.08. The van der Waals surface area contributed by atoms with Crippen LogP contribution in [0.1, 0.15) is 17.0 Å². The van der Waals surface area contributed by atoms with Crippen LogP contribution in [0.5, 0.6) is 0 Å². The maximum Gasteiger partial charge on any atom is 0.435 e. The minimum absolute atomic E-state index is 0.263. The van der Waals surface area contributed by atoms with Crippen molar-refractivity contribution in [3.63, 3.8) is 0 Å². The van der Waals surface area contributed by atoms with E-state index < -0.39 is 17.8 Å². The average Bonchev–Trinajstić information content (AvgIpc) is 3.25. The molecule has 2 aromatic heterocycles. The third-order valence-electron chi connectivity index (χ3n) is 4.52. The molecule has 154 valence electrons. The molecule has 0 atom stereocenters. The fourth-order valence-electron chi connectivity index (χ4n) is 3.00. The van der Waals surface area contributed by atoms with Crippen molar-refractivity contribution < 1.29 is 18.0 Å². The number of anilines is 1. The Kier molecular flexibility index (Phi) is 5.07. The van der Waals surface area contributed by atoms with Gasteiger partial charge in [-0.2, -0.15) is 18.3 Å². The quantitative estimate of drug-likeness (QED) is 0.469. The van der Waals surface area contributed by atoms with Gasteiger partial charge in [-0.25, -0.2) is 4.98 Å². The maximum atomic E-state index is 12.8. The molecular weight excluding hydrogens is 413 g/mol. The van der Waals surface area contributed by atoms with Gasteiger partial charge in [0.25, 0.3) is 0 Å². The van der Waals surface area contributed by atoms with Crippen molar-refractivity contribution in [2.75, 3.05) is 5.32 Å². The summed E-state index contributed by atoms with van der Waals surface area (Å²) in [5.74, 6) is -0.460. The molecule has 0 unspecified atom stereocenters. The number of carbonyl (C=O) groups is 1. The summed E-state index contributed by atoms with van der Waals surface area (Å²) in [4.78, 5) is 16.9. The van der Waals surface area contributed by atoms with Crippen LogP contribution < -0.4 is 5.32 Å². The highest BCUT2D eigenvalue weighted by atomic mass is 32.1. The number of aryl methyl sites for hydroxylation is 2. The Morgan fingerprint density at radius 2 is 1.83 bits per heavy atom. The zero-order chi connectivity index (χ0) is 21.5. The number of carbonyl (C=O) groups excluding carboxylic acids is 1. The minimum atomic E-state index is -4.54. The molecule has 2 aromatic carbocycles. The van der Waals surface area contributed by atoms with E-state index in [-0.39, 0.29) is 12.2 Å². The fourth-order valence-corrected chi connectivity index (χ4v) is 4.07. The molecule has 2 heterocycles. The minimum Gasteiger partial charge on any atom is -0.324 e. The second-order valence-electron chi connectivity index (χ2n) is 6.94. The number of thiazole rings is 1. The smallest absolute Gasteiger partial charge is 0.324 e. The van der Waals surface area contributed by atoms with Gasteiger partial charge in [-0.1, -0.05) is 6.07 Å². The third-order valence-corrected chi connectivity index (χ3v) is 5.59. The number of nitrogens with zero attached hydrogens (tertiary/aromatic N) is 3. The van der Waals surface area contributed by atoms with E-state index >= 15 is 0 Å². The lowest BCUT2D eigenvalue weighted by Gasteiger charge is -2.07. The van der Waals surface area contributed by atoms with E-state index in [2.05, 4.69) is 21.5 Å². The van der Waals surface area contributed by atoms with Crippen LogP contribution in [0.25, 0.3) is 20.8 Å². The van der Waals surface area contributed by atoms with Crippen molar-refractivity contribution in [3.05, 3.63) is 65.5 Å². The molecule has 1 N–H and O–H groups in total. The van der Waals surface area contributed by atoms with Crippen LogP contribution in [-0.4, -0.2) is 20.7 Å². The summed E-state index contributed by atoms with van der Waals surface area (Å²) in [6.45, 7) is 3.20. The van der Waals surface area contributed by atoms with Crippen molar-refractivity contribution in [2.45, 2.75) is 26.6 Å². The SMILES string of the molecule is Cc1ccc2nc(-c3ccc(NC(=O)Cn4nc(C(F)(F)F)cc4C)cc3)sc2c1. The first kappa shape index (κ1) is 20.1. The summed E-state index contributed by atoms with van der Waals surface area (Å²) in [5, 5.41) is 7.02. The van der Waals surface area contributed by atoms with E-state index in [4.69, 9.17) is 0 Å². The number of benzene rings is 2. The Morgan fingerprint density at radius 3 is 2.50 bits per heavy atom. The van der Waals surface area contributed by atoms with Gasteiger partial charge in [0, 0.05) is 16.9 Å². The monoisotopic (exact) mass is 430 g/mol. The summed E-state index contributed by atoms with van der Waals surface area (Å²) in [6, 6.07) is 14.2. The number of alkyl halides is 3. The highest BCUT2D eigenvalue weighted by Gasteiger charge is 2.34. The van der Waals surface area contributed by atoms with Crippen LogP contribution >= 0.6 is 11.3 Å². The van der Waals surface area contributed by atoms with Gasteiger partial charge in [0.15, 0.2) is 5.69 Å². The highest BCUT2D eigenvalue weighted by molar-refractivity contribution is 7.21. The Labute approximate surface area is 174 Å². The van der Waals surface area contributed by atoms with Crippen LogP contribution in [0.4, 0.5) is 18.9 Å². The van der Waals surface area contributed by atoms with Crippen LogP contribution in [0, 0.1) is 13.8 Å². The summed E-state index contributed by atoms with van der Waals surface area (Å²) >= 11 is 1.59. The molecule has 0 saturated heterocycles. The van der Waals surface area contributed by atoms with Crippen molar-refractivity contribution in [2.24, 2.45) is 0 Å². The number of rotatable bonds is 4. The summed E-state index contributed by atoms with van der Waals surface area (Å²) < 4.78 is 40.4. The van der Waals surface area contributed by atoms with Crippen LogP contribution in [-0.2, 0) is 17.5 Å². The second-order valence-corrected chi connectivity index (χ2v) is 7.97. The number of aromatic nitrogens is 3. The van der Waals surface area contributed by atoms with Gasteiger partial charge in [0.1, 0.15) is 11.6 Å². The van der Waals surface area contributed by atoms with Crippen LogP contribution in [0.3, 0.4) is 0 Å². The third kappa shape index (κ3) is 4.20. The Balaban J connectivity index is 1.45. The molecule has 5 nitrogen and oxygen atoms in total. The molecule has 4 aromatic rings. The van der Waals surface area contributed by atoms with Gasteiger partial charge in [-0.15, -0.1) is 11.3 Å². The number of hydrogen-bond acceptors (Lipinski definition) is 4. The zero-order valence-corrected chi connectivity index (χ0v) is 16.9. The van der Waals surface area contributed by atoms with Gasteiger partial charge < -0.3 is 5.32 Å². The van der Waals surface area contributed by atoms with Crippen molar-refractivity contribution >= 4 is 33.1 Å². The van der Waals surface area contributed by atoms with E-state index in [1.165, 1.54) is 12.5 Å². The van der Waals surface area contributed by atoms with E-state index in [9.17, 15) is 18.0 Å². The molecule has 30 heavy (non-hydrogen) atoms. The van der Waals surface area contributed by atoms with Gasteiger partial charge in [0.2, 0.25) is 5.91 Å². The van der Waals surface area contributed by atoms with Crippen LogP contribution in [0.2, 0.25) is 0 Å². The lowest BCUT2D eigenvalue weighted by atomic mass is 10.2. The largest absolute Gasteiger partial charge is 0.435 e. The molecular formula is C21H17F3N4OS. The molecule has 0 aliphatic rings. The summed E-state index contributed by atoms with van der Waals surface area (Å²) in [7, 11) is 0. The zero-order valence-electron chi connectivity index (χ0n) is 16.1. The first-order valence-corrected chi connectivity index (χ1v) is 9.90. The van der Waals surface area contributed by atoms with Crippen LogP contribution in [0.15, 0.2) is 48.5 Å². The average molecular weight is 430 g/mol. The molecule has 0 fully saturated rings. The molecule has 1 amide bonds. The molecule has 4 rings (SSSR count). The summed E-state index contributed by atoms with van der Waals surface area (Å²) in [6.07, 6.45) is -4.54. The highest BCUT2D eigenvalue weighted by Crippen LogP contribution is 2.31. The Bertz CT molecular complexity index is 1230. The van der Waals surface area contributed by atoms with E-state index in [1.54, 1.807) is 23.5 Å². The molecule has 0 saturated carbocycles. The van der Waals surface area contributed by atoms with Gasteiger partial charge in [-0.05, 0) is 61.9 Å². The van der Waals surface area contributed by atoms with Crippen molar-refractivity contribution in [1.29, 1.82) is 0 Å². The van der Waals surface area contributed by atoms with E-state index in [1.807, 2.05) is 31.2 Å². The lowest BCUT2D eigenvalue weighted by molar-refractivity contribution is -0.141. The number of amides is 1. The van der Waals surface area contributed by atoms with Crippen molar-refractivity contribution in [3.8, 4) is 10.6 Å². The predicted molar refractivity (Wildman–Crippen MR) is 110 cm³/mol. The number of halogens is 3. The molecule has 0 aliphatic heterocycles. The fraction of sp³-hybridized carbons (Fsp3) is 0.190. The molecule has 0 bridgehead atoms. The Morgan fingerprint density at radius 1 is 1.10 bits per heavy atom. The standard InChI is InChI=1S/C21H17F3N4OS/c1-12-3-8-16-17(9-12)30-20(26-16)14-4-6-15(7-5-14)25-19(29)11-28-13(2)10-18(27-28)21(22,23)24/h3-10H,11H2,1-2H3,(H,25,29). The number of nitrogens with one attached hydrogen (secondary N) is 1. The molecule has 9 heteroatoms. The van der Waals surface area contributed by atoms with E-state index in [0.29, 0.717) is 5.69 Å². The van der Waals surface area contributed by atoms with Gasteiger partial charge >= 0.3 is 6.18 Å². The lowest BCUT2D eigenvalue weighted by Crippen LogP contribution is -2.20. The topological polar surface area (TPSA) is 59.8 Å². The van der Waals surface area contributed by atoms with E-state index in [0.717, 1.165) is 31.5 Å². The maximum absolute atomic E-state index is 12.8. The summed E-state index contributed by atoms with van der Waals surface area (Å²) in [5.41, 5.74) is 2.82. The normalized spacial score (nSPS) is 11.8. The Hall–Kier alpha value is -3.20. The predicted octanol–water partition coefficient (Wildman–Crippen LogP) is 5.43. The molecule has 0 spiro atoms. The van der Waals surface area contributed by atoms with Gasteiger partial charge in [0.05, 0.1) is 10.2 Å². The second kappa shape index (κ2) is 7.56. The first-order chi connectivity index (χ1) is 14.2. The number of fused-ring (bicyclic) bond motifs is 1. The molecule has 0 radical (unpaired) electrons. The van der Waals surface area contributed by atoms with Gasteiger partial charge in [-0.3, -0.25) is 9.48 Å².